The lowest BCUT2D eigenvalue weighted by molar-refractivity contribution is 0.262. The molecule has 2 aromatic carbocycles. The summed E-state index contributed by atoms with van der Waals surface area (Å²) >= 11 is 0. The molecule has 0 aliphatic rings. The molecule has 164 valence electrons. The molecule has 0 aromatic heterocycles. The van der Waals surface area contributed by atoms with Gasteiger partial charge in [0.1, 0.15) is 0 Å². The van der Waals surface area contributed by atoms with Gasteiger partial charge in [0.05, 0.1) is 23.9 Å². The van der Waals surface area contributed by atoms with Crippen LogP contribution in [0.25, 0.3) is 0 Å². The third kappa shape index (κ3) is 7.23. The third-order valence-electron chi connectivity index (χ3n) is 3.89. The number of aryl methyl sites for hydroxylation is 2. The van der Waals surface area contributed by atoms with Crippen LogP contribution in [-0.4, -0.2) is 35.4 Å². The minimum Gasteiger partial charge on any atom is -0.380 e. The van der Waals surface area contributed by atoms with E-state index >= 15 is 0 Å². The van der Waals surface area contributed by atoms with E-state index in [4.69, 9.17) is 8.37 Å². The largest absolute Gasteiger partial charge is 0.380 e. The summed E-state index contributed by atoms with van der Waals surface area (Å²) in [5.41, 5.74) is 1.90. The van der Waals surface area contributed by atoms with Gasteiger partial charge < -0.3 is 19.0 Å². The Labute approximate surface area is 176 Å². The van der Waals surface area contributed by atoms with Gasteiger partial charge >= 0.3 is 26.3 Å². The highest BCUT2D eigenvalue weighted by atomic mass is 32.2. The molecule has 2 aromatic rings. The monoisotopic (exact) mass is 456 g/mol. The zero-order valence-corrected chi connectivity index (χ0v) is 18.7. The molecule has 0 aliphatic carbocycles. The summed E-state index contributed by atoms with van der Waals surface area (Å²) in [6.45, 7) is 3.78. The Morgan fingerprint density at radius 3 is 1.43 bits per heavy atom. The van der Waals surface area contributed by atoms with E-state index in [1.165, 1.54) is 24.3 Å². The molecule has 0 atom stereocenters. The van der Waals surface area contributed by atoms with Crippen molar-refractivity contribution in [2.75, 3.05) is 23.1 Å². The van der Waals surface area contributed by atoms with Gasteiger partial charge in [0.15, 0.2) is 11.5 Å². The molecular weight excluding hydrogens is 432 g/mol. The first-order chi connectivity index (χ1) is 13.9. The summed E-state index contributed by atoms with van der Waals surface area (Å²) in [5, 5.41) is 5.01. The molecule has 11 heteroatoms. The van der Waals surface area contributed by atoms with E-state index < -0.39 is 26.3 Å². The summed E-state index contributed by atoms with van der Waals surface area (Å²) in [6.07, 6.45) is 3.09. The normalized spacial score (nSPS) is 11.6. The molecule has 0 bridgehead atoms. The molecular formula is C19H24N2O7S2. The van der Waals surface area contributed by atoms with Crippen LogP contribution in [0.2, 0.25) is 0 Å². The van der Waals surface area contributed by atoms with Crippen LogP contribution in [0.5, 0.6) is 11.5 Å². The number of rotatable bonds is 8. The van der Waals surface area contributed by atoms with Crippen molar-refractivity contribution in [2.45, 2.75) is 26.7 Å². The van der Waals surface area contributed by atoms with Gasteiger partial charge in [0.2, 0.25) is 0 Å². The second-order valence-corrected chi connectivity index (χ2v) is 9.67. The van der Waals surface area contributed by atoms with Gasteiger partial charge in [-0.3, -0.25) is 0 Å². The Balaban J connectivity index is 2.30. The molecule has 2 rings (SSSR count). The van der Waals surface area contributed by atoms with Crippen molar-refractivity contribution < 1.29 is 30.0 Å². The van der Waals surface area contributed by atoms with Crippen LogP contribution in [0.4, 0.5) is 16.2 Å². The van der Waals surface area contributed by atoms with Gasteiger partial charge in [-0.25, -0.2) is 4.79 Å². The lowest BCUT2D eigenvalue weighted by atomic mass is 10.1. The maximum Gasteiger partial charge on any atom is 0.323 e. The van der Waals surface area contributed by atoms with Crippen LogP contribution in [0.1, 0.15) is 25.0 Å². The number of hydrogen-bond acceptors (Lipinski definition) is 7. The van der Waals surface area contributed by atoms with Crippen molar-refractivity contribution in [3.63, 3.8) is 0 Å². The Hall–Kier alpha value is -2.79. The molecule has 0 fully saturated rings. The smallest absolute Gasteiger partial charge is 0.323 e. The van der Waals surface area contributed by atoms with Crippen molar-refractivity contribution >= 4 is 37.6 Å². The topological polar surface area (TPSA) is 128 Å². The molecule has 0 aliphatic heterocycles. The minimum atomic E-state index is -3.81. The predicted molar refractivity (Wildman–Crippen MR) is 115 cm³/mol. The maximum atomic E-state index is 12.5. The SMILES string of the molecule is CCc1ccc(NC(=O)Nc2ccc(CC)cc2OS(C)(=O)=O)c(OS(C)(=O)=O)c1. The second kappa shape index (κ2) is 9.35. The highest BCUT2D eigenvalue weighted by Crippen LogP contribution is 2.30. The Morgan fingerprint density at radius 2 is 1.13 bits per heavy atom. The van der Waals surface area contributed by atoms with Crippen LogP contribution < -0.4 is 19.0 Å². The van der Waals surface area contributed by atoms with E-state index in [0.717, 1.165) is 23.6 Å². The van der Waals surface area contributed by atoms with E-state index in [1.807, 2.05) is 13.8 Å². The number of carbonyl (C=O) groups excluding carboxylic acids is 1. The van der Waals surface area contributed by atoms with Crippen LogP contribution >= 0.6 is 0 Å². The van der Waals surface area contributed by atoms with Gasteiger partial charge in [-0.2, -0.15) is 16.8 Å². The van der Waals surface area contributed by atoms with Crippen molar-refractivity contribution in [3.8, 4) is 11.5 Å². The number of hydrogen-bond donors (Lipinski definition) is 2. The molecule has 0 saturated carbocycles. The zero-order valence-electron chi connectivity index (χ0n) is 17.1. The molecule has 2 amide bonds. The third-order valence-corrected chi connectivity index (χ3v) is 4.85. The first kappa shape index (κ1) is 23.5. The first-order valence-electron chi connectivity index (χ1n) is 9.03. The van der Waals surface area contributed by atoms with E-state index in [-0.39, 0.29) is 22.9 Å². The van der Waals surface area contributed by atoms with Crippen LogP contribution in [-0.2, 0) is 33.1 Å². The fraction of sp³-hybridized carbons (Fsp3) is 0.316. The van der Waals surface area contributed by atoms with Crippen LogP contribution in [0.15, 0.2) is 36.4 Å². The molecule has 0 saturated heterocycles. The number of benzene rings is 2. The summed E-state index contributed by atoms with van der Waals surface area (Å²) in [7, 11) is -7.62. The number of nitrogens with one attached hydrogen (secondary N) is 2. The molecule has 9 nitrogen and oxygen atoms in total. The molecule has 0 unspecified atom stereocenters. The zero-order chi connectivity index (χ0) is 22.5. The molecule has 0 spiro atoms. The highest BCUT2D eigenvalue weighted by molar-refractivity contribution is 7.86. The number of urea groups is 1. The number of carbonyl (C=O) groups is 1. The van der Waals surface area contributed by atoms with Gasteiger partial charge in [-0.05, 0) is 48.2 Å². The van der Waals surface area contributed by atoms with Gasteiger partial charge in [0, 0.05) is 0 Å². The maximum absolute atomic E-state index is 12.5. The van der Waals surface area contributed by atoms with E-state index in [0.29, 0.717) is 12.8 Å². The Kier molecular flexibility index (Phi) is 7.32. The highest BCUT2D eigenvalue weighted by Gasteiger charge is 2.16. The predicted octanol–water partition coefficient (Wildman–Crippen LogP) is 3.13. The van der Waals surface area contributed by atoms with Crippen LogP contribution in [0.3, 0.4) is 0 Å². The second-order valence-electron chi connectivity index (χ2n) is 6.52. The van der Waals surface area contributed by atoms with E-state index in [1.54, 1.807) is 12.1 Å². The number of anilines is 2. The standard InChI is InChI=1S/C19H24N2O7S2/c1-5-13-7-9-15(17(11-13)27-29(3,23)24)20-19(22)21-16-10-8-14(6-2)12-18(16)28-30(4,25)26/h7-12H,5-6H2,1-4H3,(H2,20,21,22). The Bertz CT molecular complexity index is 1050. The summed E-state index contributed by atoms with van der Waals surface area (Å²) in [4.78, 5) is 12.5. The first-order valence-corrected chi connectivity index (χ1v) is 12.7. The summed E-state index contributed by atoms with van der Waals surface area (Å²) in [6, 6.07) is 8.79. The van der Waals surface area contributed by atoms with Gasteiger partial charge in [0.25, 0.3) is 0 Å². The fourth-order valence-electron chi connectivity index (χ4n) is 2.52. The quantitative estimate of drug-likeness (QED) is 0.584. The molecule has 30 heavy (non-hydrogen) atoms. The van der Waals surface area contributed by atoms with E-state index in [2.05, 4.69) is 10.6 Å². The fourth-order valence-corrected chi connectivity index (χ4v) is 3.45. The van der Waals surface area contributed by atoms with Crippen molar-refractivity contribution in [1.29, 1.82) is 0 Å². The van der Waals surface area contributed by atoms with E-state index in [9.17, 15) is 21.6 Å². The van der Waals surface area contributed by atoms with Gasteiger partial charge in [-0.1, -0.05) is 26.0 Å². The van der Waals surface area contributed by atoms with Crippen LogP contribution in [0, 0.1) is 0 Å². The average Bonchev–Trinajstić information content (AvgIpc) is 2.62. The Morgan fingerprint density at radius 1 is 0.767 bits per heavy atom. The molecule has 0 heterocycles. The number of amides is 2. The molecule has 0 radical (unpaired) electrons. The van der Waals surface area contributed by atoms with Crippen molar-refractivity contribution in [3.05, 3.63) is 47.5 Å². The lowest BCUT2D eigenvalue weighted by Gasteiger charge is -2.15. The minimum absolute atomic E-state index is 0.0269. The average molecular weight is 457 g/mol. The van der Waals surface area contributed by atoms with Crippen molar-refractivity contribution in [2.24, 2.45) is 0 Å². The lowest BCUT2D eigenvalue weighted by Crippen LogP contribution is -2.21. The summed E-state index contributed by atoms with van der Waals surface area (Å²) in [5.74, 6) is -0.0538. The molecule has 2 N–H and O–H groups in total. The van der Waals surface area contributed by atoms with Crippen molar-refractivity contribution in [1.82, 2.24) is 0 Å². The summed E-state index contributed by atoms with van der Waals surface area (Å²) < 4.78 is 56.1. The van der Waals surface area contributed by atoms with Gasteiger partial charge in [-0.15, -0.1) is 0 Å².